The first-order valence-electron chi connectivity index (χ1n) is 6.90. The molecule has 5 nitrogen and oxygen atoms in total. The Morgan fingerprint density at radius 1 is 1.36 bits per heavy atom. The second-order valence-electron chi connectivity index (χ2n) is 4.58. The summed E-state index contributed by atoms with van der Waals surface area (Å²) in [6.45, 7) is 2.35. The van der Waals surface area contributed by atoms with E-state index < -0.39 is 6.10 Å². The zero-order valence-corrected chi connectivity index (χ0v) is 12.9. The first kappa shape index (κ1) is 16.3. The second-order valence-corrected chi connectivity index (χ2v) is 5.02. The molecule has 0 bridgehead atoms. The van der Waals surface area contributed by atoms with Gasteiger partial charge in [-0.25, -0.2) is 0 Å². The van der Waals surface area contributed by atoms with Crippen LogP contribution in [0.2, 0.25) is 5.02 Å². The zero-order chi connectivity index (χ0) is 15.9. The highest BCUT2D eigenvalue weighted by molar-refractivity contribution is 6.30. The molecule has 2 rings (SSSR count). The van der Waals surface area contributed by atoms with Crippen molar-refractivity contribution in [2.24, 2.45) is 0 Å². The Labute approximate surface area is 133 Å². The standard InChI is InChI=1S/C16H17ClN2O3/c1-2-22-15-9-12(17)3-4-13(15)16(21)19-10-14(20)11-5-7-18-8-6-11/h3-9,14,20H,2,10H2,1H3,(H,19,21). The number of aromatic nitrogens is 1. The van der Waals surface area contributed by atoms with E-state index in [0.29, 0.717) is 28.5 Å². The molecule has 1 heterocycles. The molecule has 2 aromatic rings. The first-order chi connectivity index (χ1) is 10.6. The summed E-state index contributed by atoms with van der Waals surface area (Å²) >= 11 is 5.91. The average Bonchev–Trinajstić information content (AvgIpc) is 2.53. The summed E-state index contributed by atoms with van der Waals surface area (Å²) in [6, 6.07) is 8.22. The predicted octanol–water partition coefficient (Wildman–Crippen LogP) is 2.60. The van der Waals surface area contributed by atoms with Gasteiger partial charge >= 0.3 is 0 Å². The summed E-state index contributed by atoms with van der Waals surface area (Å²) in [5.74, 6) is 0.0964. The molecule has 0 saturated carbocycles. The van der Waals surface area contributed by atoms with E-state index in [9.17, 15) is 9.90 Å². The molecule has 0 radical (unpaired) electrons. The summed E-state index contributed by atoms with van der Waals surface area (Å²) < 4.78 is 5.41. The number of nitrogens with zero attached hydrogens (tertiary/aromatic N) is 1. The molecule has 1 aromatic heterocycles. The van der Waals surface area contributed by atoms with Crippen LogP contribution in [0.3, 0.4) is 0 Å². The molecule has 116 valence electrons. The average molecular weight is 321 g/mol. The minimum absolute atomic E-state index is 0.0943. The summed E-state index contributed by atoms with van der Waals surface area (Å²) in [5.41, 5.74) is 1.07. The Hall–Kier alpha value is -2.11. The first-order valence-corrected chi connectivity index (χ1v) is 7.28. The van der Waals surface area contributed by atoms with Gasteiger partial charge in [-0.15, -0.1) is 0 Å². The van der Waals surface area contributed by atoms with Crippen molar-refractivity contribution < 1.29 is 14.6 Å². The van der Waals surface area contributed by atoms with Crippen LogP contribution in [-0.2, 0) is 0 Å². The smallest absolute Gasteiger partial charge is 0.255 e. The van der Waals surface area contributed by atoms with E-state index in [1.807, 2.05) is 6.92 Å². The number of carbonyl (C=O) groups excluding carboxylic acids is 1. The maximum absolute atomic E-state index is 12.2. The highest BCUT2D eigenvalue weighted by atomic mass is 35.5. The summed E-state index contributed by atoms with van der Waals surface area (Å²) in [7, 11) is 0. The van der Waals surface area contributed by atoms with Crippen molar-refractivity contribution in [1.82, 2.24) is 10.3 Å². The van der Waals surface area contributed by atoms with Crippen LogP contribution in [0.1, 0.15) is 28.9 Å². The Kier molecular flexibility index (Phi) is 5.75. The minimum Gasteiger partial charge on any atom is -0.493 e. The van der Waals surface area contributed by atoms with Crippen LogP contribution in [0.25, 0.3) is 0 Å². The van der Waals surface area contributed by atoms with E-state index in [1.54, 1.807) is 42.7 Å². The molecule has 0 aliphatic carbocycles. The monoisotopic (exact) mass is 320 g/mol. The topological polar surface area (TPSA) is 71.5 Å². The molecule has 22 heavy (non-hydrogen) atoms. The third-order valence-corrected chi connectivity index (χ3v) is 3.27. The number of benzene rings is 1. The van der Waals surface area contributed by atoms with Gasteiger partial charge in [-0.3, -0.25) is 9.78 Å². The van der Waals surface area contributed by atoms with E-state index in [0.717, 1.165) is 0 Å². The van der Waals surface area contributed by atoms with E-state index in [4.69, 9.17) is 16.3 Å². The van der Waals surface area contributed by atoms with Gasteiger partial charge in [0.15, 0.2) is 0 Å². The predicted molar refractivity (Wildman–Crippen MR) is 84.2 cm³/mol. The van der Waals surface area contributed by atoms with E-state index in [-0.39, 0.29) is 12.5 Å². The molecule has 1 aromatic carbocycles. The number of hydrogen-bond donors (Lipinski definition) is 2. The second kappa shape index (κ2) is 7.77. The zero-order valence-electron chi connectivity index (χ0n) is 12.1. The number of carbonyl (C=O) groups is 1. The van der Waals surface area contributed by atoms with Crippen molar-refractivity contribution in [2.45, 2.75) is 13.0 Å². The van der Waals surface area contributed by atoms with Crippen molar-refractivity contribution >= 4 is 17.5 Å². The lowest BCUT2D eigenvalue weighted by Crippen LogP contribution is -2.28. The molecule has 0 aliphatic heterocycles. The van der Waals surface area contributed by atoms with Gasteiger partial charge in [-0.1, -0.05) is 11.6 Å². The molecule has 1 unspecified atom stereocenters. The molecule has 0 fully saturated rings. The number of pyridine rings is 1. The summed E-state index contributed by atoms with van der Waals surface area (Å²) in [4.78, 5) is 16.1. The van der Waals surface area contributed by atoms with Gasteiger partial charge in [0.25, 0.3) is 5.91 Å². The lowest BCUT2D eigenvalue weighted by molar-refractivity contribution is 0.0912. The largest absolute Gasteiger partial charge is 0.493 e. The Morgan fingerprint density at radius 2 is 2.09 bits per heavy atom. The summed E-state index contributed by atoms with van der Waals surface area (Å²) in [6.07, 6.45) is 2.38. The van der Waals surface area contributed by atoms with Crippen molar-refractivity contribution in [3.63, 3.8) is 0 Å². The SMILES string of the molecule is CCOc1cc(Cl)ccc1C(=O)NCC(O)c1ccncc1. The van der Waals surface area contributed by atoms with Crippen LogP contribution in [0, 0.1) is 0 Å². The summed E-state index contributed by atoms with van der Waals surface area (Å²) in [5, 5.41) is 13.2. The van der Waals surface area contributed by atoms with Crippen molar-refractivity contribution in [3.05, 3.63) is 58.9 Å². The highest BCUT2D eigenvalue weighted by Gasteiger charge is 2.15. The van der Waals surface area contributed by atoms with Crippen molar-refractivity contribution in [1.29, 1.82) is 0 Å². The number of amides is 1. The quantitative estimate of drug-likeness (QED) is 0.858. The van der Waals surface area contributed by atoms with Gasteiger partial charge in [-0.2, -0.15) is 0 Å². The molecular formula is C16H17ClN2O3. The van der Waals surface area contributed by atoms with Crippen LogP contribution < -0.4 is 10.1 Å². The molecule has 1 atom stereocenters. The van der Waals surface area contributed by atoms with Gasteiger partial charge in [0.1, 0.15) is 5.75 Å². The number of halogens is 1. The Bertz CT molecular complexity index is 635. The normalized spacial score (nSPS) is 11.8. The van der Waals surface area contributed by atoms with Crippen LogP contribution in [0.15, 0.2) is 42.7 Å². The fourth-order valence-electron chi connectivity index (χ4n) is 1.95. The van der Waals surface area contributed by atoms with Crippen molar-refractivity contribution in [2.75, 3.05) is 13.2 Å². The molecule has 0 aliphatic rings. The molecular weight excluding hydrogens is 304 g/mol. The molecule has 2 N–H and O–H groups in total. The van der Waals surface area contributed by atoms with E-state index >= 15 is 0 Å². The third kappa shape index (κ3) is 4.19. The number of nitrogens with one attached hydrogen (secondary N) is 1. The van der Waals surface area contributed by atoms with Crippen molar-refractivity contribution in [3.8, 4) is 5.75 Å². The number of ether oxygens (including phenoxy) is 1. The highest BCUT2D eigenvalue weighted by Crippen LogP contribution is 2.23. The Balaban J connectivity index is 2.03. The Morgan fingerprint density at radius 3 is 2.77 bits per heavy atom. The molecule has 1 amide bonds. The lowest BCUT2D eigenvalue weighted by atomic mass is 10.1. The molecule has 0 saturated heterocycles. The lowest BCUT2D eigenvalue weighted by Gasteiger charge is -2.14. The van der Waals surface area contributed by atoms with Crippen LogP contribution in [0.4, 0.5) is 0 Å². The fraction of sp³-hybridized carbons (Fsp3) is 0.250. The van der Waals surface area contributed by atoms with Crippen LogP contribution in [0.5, 0.6) is 5.75 Å². The van der Waals surface area contributed by atoms with Gasteiger partial charge in [0, 0.05) is 24.0 Å². The van der Waals surface area contributed by atoms with Gasteiger partial charge in [-0.05, 0) is 42.8 Å². The number of aliphatic hydroxyl groups excluding tert-OH is 1. The van der Waals surface area contributed by atoms with Crippen LogP contribution in [-0.4, -0.2) is 29.1 Å². The van der Waals surface area contributed by atoms with E-state index in [2.05, 4.69) is 10.3 Å². The van der Waals surface area contributed by atoms with Gasteiger partial charge in [0.05, 0.1) is 18.3 Å². The third-order valence-electron chi connectivity index (χ3n) is 3.03. The number of hydrogen-bond acceptors (Lipinski definition) is 4. The molecule has 0 spiro atoms. The van der Waals surface area contributed by atoms with Gasteiger partial charge < -0.3 is 15.2 Å². The van der Waals surface area contributed by atoms with E-state index in [1.165, 1.54) is 0 Å². The number of aliphatic hydroxyl groups is 1. The fourth-order valence-corrected chi connectivity index (χ4v) is 2.11. The maximum atomic E-state index is 12.2. The minimum atomic E-state index is -0.796. The van der Waals surface area contributed by atoms with Crippen LogP contribution >= 0.6 is 11.6 Å². The number of rotatable bonds is 6. The molecule has 6 heteroatoms. The maximum Gasteiger partial charge on any atom is 0.255 e. The van der Waals surface area contributed by atoms with Gasteiger partial charge in [0.2, 0.25) is 0 Å².